The quantitative estimate of drug-likeness (QED) is 0.445. The van der Waals surface area contributed by atoms with Crippen molar-refractivity contribution in [1.29, 1.82) is 0 Å². The Bertz CT molecular complexity index is 366. The van der Waals surface area contributed by atoms with Crippen molar-refractivity contribution in [3.63, 3.8) is 0 Å². The van der Waals surface area contributed by atoms with E-state index in [4.69, 9.17) is 16.3 Å². The van der Waals surface area contributed by atoms with Crippen molar-refractivity contribution in [2.24, 2.45) is 0 Å². The van der Waals surface area contributed by atoms with E-state index in [0.29, 0.717) is 6.42 Å². The van der Waals surface area contributed by atoms with Crippen molar-refractivity contribution in [3.8, 4) is 5.75 Å². The maximum Gasteiger partial charge on any atom is 0.311 e. The molecule has 0 radical (unpaired) electrons. The summed E-state index contributed by atoms with van der Waals surface area (Å²) in [4.78, 5) is 11.3. The first-order valence-corrected chi connectivity index (χ1v) is 5.67. The topological polar surface area (TPSA) is 26.3 Å². The van der Waals surface area contributed by atoms with Crippen molar-refractivity contribution in [2.75, 3.05) is 0 Å². The van der Waals surface area contributed by atoms with Gasteiger partial charge in [-0.15, -0.1) is 0 Å². The van der Waals surface area contributed by atoms with Gasteiger partial charge in [0.05, 0.1) is 5.02 Å². The van der Waals surface area contributed by atoms with Crippen LogP contribution in [0.2, 0.25) is 5.02 Å². The molecule has 0 heterocycles. The average molecular weight is 245 g/mol. The van der Waals surface area contributed by atoms with Crippen LogP contribution in [0.4, 0.5) is 4.39 Å². The second kappa shape index (κ2) is 6.48. The third kappa shape index (κ3) is 4.19. The largest absolute Gasteiger partial charge is 0.425 e. The molecular formula is C12H14ClFO2. The third-order valence-electron chi connectivity index (χ3n) is 2.10. The fourth-order valence-corrected chi connectivity index (χ4v) is 1.46. The van der Waals surface area contributed by atoms with Gasteiger partial charge in [0.2, 0.25) is 0 Å². The number of carbonyl (C=O) groups excluding carboxylic acids is 1. The molecule has 4 heteroatoms. The number of esters is 1. The number of halogens is 2. The lowest BCUT2D eigenvalue weighted by Gasteiger charge is -2.05. The van der Waals surface area contributed by atoms with Gasteiger partial charge in [-0.1, -0.05) is 31.4 Å². The highest BCUT2D eigenvalue weighted by Gasteiger charge is 2.08. The van der Waals surface area contributed by atoms with Gasteiger partial charge >= 0.3 is 5.97 Å². The highest BCUT2D eigenvalue weighted by atomic mass is 35.5. The highest BCUT2D eigenvalue weighted by Crippen LogP contribution is 2.25. The van der Waals surface area contributed by atoms with Crippen LogP contribution < -0.4 is 4.74 Å². The van der Waals surface area contributed by atoms with E-state index in [9.17, 15) is 9.18 Å². The predicted molar refractivity (Wildman–Crippen MR) is 61.2 cm³/mol. The van der Waals surface area contributed by atoms with Crippen molar-refractivity contribution >= 4 is 17.6 Å². The van der Waals surface area contributed by atoms with E-state index in [1.165, 1.54) is 12.1 Å². The first-order chi connectivity index (χ1) is 7.63. The SMILES string of the molecule is CCCCCC(=O)Oc1ccc(F)cc1Cl. The van der Waals surface area contributed by atoms with Crippen LogP contribution in [0.25, 0.3) is 0 Å². The van der Waals surface area contributed by atoms with Crippen LogP contribution in [-0.2, 0) is 4.79 Å². The maximum absolute atomic E-state index is 12.7. The number of hydrogen-bond donors (Lipinski definition) is 0. The van der Waals surface area contributed by atoms with Crippen LogP contribution in [0.3, 0.4) is 0 Å². The van der Waals surface area contributed by atoms with Gasteiger partial charge in [0.15, 0.2) is 0 Å². The summed E-state index contributed by atoms with van der Waals surface area (Å²) >= 11 is 5.72. The van der Waals surface area contributed by atoms with Crippen LogP contribution in [0.1, 0.15) is 32.6 Å². The highest BCUT2D eigenvalue weighted by molar-refractivity contribution is 6.32. The molecule has 0 bridgehead atoms. The van der Waals surface area contributed by atoms with Gasteiger partial charge in [-0.2, -0.15) is 0 Å². The fraction of sp³-hybridized carbons (Fsp3) is 0.417. The molecule has 0 atom stereocenters. The number of benzene rings is 1. The lowest BCUT2D eigenvalue weighted by atomic mass is 10.2. The summed E-state index contributed by atoms with van der Waals surface area (Å²) in [6.07, 6.45) is 3.20. The second-order valence-corrected chi connectivity index (χ2v) is 3.91. The lowest BCUT2D eigenvalue weighted by Crippen LogP contribution is -2.07. The van der Waals surface area contributed by atoms with Crippen LogP contribution in [-0.4, -0.2) is 5.97 Å². The molecule has 1 aromatic rings. The van der Waals surface area contributed by atoms with Gasteiger partial charge in [-0.05, 0) is 24.6 Å². The normalized spacial score (nSPS) is 10.2. The summed E-state index contributed by atoms with van der Waals surface area (Å²) in [6.45, 7) is 2.06. The van der Waals surface area contributed by atoms with E-state index in [1.807, 2.05) is 0 Å². The van der Waals surface area contributed by atoms with Gasteiger partial charge in [0.1, 0.15) is 11.6 Å². The fourth-order valence-electron chi connectivity index (χ4n) is 1.25. The molecule has 0 fully saturated rings. The van der Waals surface area contributed by atoms with E-state index in [1.54, 1.807) is 0 Å². The molecule has 0 aliphatic heterocycles. The molecule has 2 nitrogen and oxygen atoms in total. The Labute approximate surface area is 99.4 Å². The zero-order valence-corrected chi connectivity index (χ0v) is 9.89. The molecular weight excluding hydrogens is 231 g/mol. The van der Waals surface area contributed by atoms with Crippen molar-refractivity contribution in [1.82, 2.24) is 0 Å². The first kappa shape index (κ1) is 13.0. The molecule has 0 N–H and O–H groups in total. The van der Waals surface area contributed by atoms with Crippen LogP contribution >= 0.6 is 11.6 Å². The molecule has 1 aromatic carbocycles. The number of ether oxygens (including phenoxy) is 1. The second-order valence-electron chi connectivity index (χ2n) is 3.51. The number of hydrogen-bond acceptors (Lipinski definition) is 2. The maximum atomic E-state index is 12.7. The Balaban J connectivity index is 2.49. The molecule has 0 unspecified atom stereocenters. The Hall–Kier alpha value is -1.09. The van der Waals surface area contributed by atoms with E-state index in [0.717, 1.165) is 25.3 Å². The molecule has 16 heavy (non-hydrogen) atoms. The summed E-state index contributed by atoms with van der Waals surface area (Å²) in [6, 6.07) is 3.69. The minimum Gasteiger partial charge on any atom is -0.425 e. The summed E-state index contributed by atoms with van der Waals surface area (Å²) in [5, 5.41) is 0.115. The summed E-state index contributed by atoms with van der Waals surface area (Å²) in [7, 11) is 0. The summed E-state index contributed by atoms with van der Waals surface area (Å²) in [5.41, 5.74) is 0. The first-order valence-electron chi connectivity index (χ1n) is 5.29. The van der Waals surface area contributed by atoms with Gasteiger partial charge < -0.3 is 4.74 Å². The van der Waals surface area contributed by atoms with E-state index >= 15 is 0 Å². The molecule has 1 rings (SSSR count). The number of unbranched alkanes of at least 4 members (excludes halogenated alkanes) is 2. The predicted octanol–water partition coefficient (Wildman–Crippen LogP) is 3.96. The average Bonchev–Trinajstić information content (AvgIpc) is 2.23. The van der Waals surface area contributed by atoms with Crippen LogP contribution in [0, 0.1) is 5.82 Å². The zero-order chi connectivity index (χ0) is 12.0. The summed E-state index contributed by atoms with van der Waals surface area (Å²) in [5.74, 6) is -0.567. The Kier molecular flexibility index (Phi) is 5.26. The Morgan fingerprint density at radius 3 is 2.81 bits per heavy atom. The molecule has 88 valence electrons. The standard InChI is InChI=1S/C12H14ClFO2/c1-2-3-4-5-12(15)16-11-7-6-9(14)8-10(11)13/h6-8H,2-5H2,1H3. The van der Waals surface area contributed by atoms with Gasteiger partial charge in [-0.3, -0.25) is 4.79 Å². The van der Waals surface area contributed by atoms with Crippen molar-refractivity contribution in [3.05, 3.63) is 29.0 Å². The number of carbonyl (C=O) groups is 1. The molecule has 0 aromatic heterocycles. The zero-order valence-electron chi connectivity index (χ0n) is 9.13. The smallest absolute Gasteiger partial charge is 0.311 e. The van der Waals surface area contributed by atoms with E-state index < -0.39 is 5.82 Å². The molecule has 0 aliphatic carbocycles. The molecule has 0 amide bonds. The minimum absolute atomic E-state index is 0.115. The third-order valence-corrected chi connectivity index (χ3v) is 2.40. The van der Waals surface area contributed by atoms with Crippen molar-refractivity contribution in [2.45, 2.75) is 32.6 Å². The number of rotatable bonds is 5. The Morgan fingerprint density at radius 1 is 1.44 bits per heavy atom. The monoisotopic (exact) mass is 244 g/mol. The van der Waals surface area contributed by atoms with E-state index in [2.05, 4.69) is 6.92 Å². The Morgan fingerprint density at radius 2 is 2.19 bits per heavy atom. The minimum atomic E-state index is -0.448. The molecule has 0 spiro atoms. The van der Waals surface area contributed by atoms with Crippen LogP contribution in [0.5, 0.6) is 5.75 Å². The van der Waals surface area contributed by atoms with Gasteiger partial charge in [0, 0.05) is 6.42 Å². The van der Waals surface area contributed by atoms with Gasteiger partial charge in [0.25, 0.3) is 0 Å². The van der Waals surface area contributed by atoms with Gasteiger partial charge in [-0.25, -0.2) is 4.39 Å². The molecule has 0 aliphatic rings. The molecule has 0 saturated carbocycles. The van der Waals surface area contributed by atoms with Crippen molar-refractivity contribution < 1.29 is 13.9 Å². The van der Waals surface area contributed by atoms with E-state index in [-0.39, 0.29) is 16.7 Å². The molecule has 0 saturated heterocycles. The van der Waals surface area contributed by atoms with Crippen LogP contribution in [0.15, 0.2) is 18.2 Å². The summed E-state index contributed by atoms with van der Waals surface area (Å²) < 4.78 is 17.7. The lowest BCUT2D eigenvalue weighted by molar-refractivity contribution is -0.134.